The molecule has 0 spiro atoms. The summed E-state index contributed by atoms with van der Waals surface area (Å²) in [4.78, 5) is 11.1. The van der Waals surface area contributed by atoms with Crippen LogP contribution in [0.25, 0.3) is 0 Å². The Bertz CT molecular complexity index is 155. The van der Waals surface area contributed by atoms with Crippen LogP contribution in [0.4, 0.5) is 0 Å². The van der Waals surface area contributed by atoms with Gasteiger partial charge in [0.1, 0.15) is 6.04 Å². The van der Waals surface area contributed by atoms with Gasteiger partial charge in [0.25, 0.3) is 0 Å². The molecule has 0 aromatic rings. The molecule has 1 rings (SSSR count). The molecule has 0 heterocycles. The second-order valence-electron chi connectivity index (χ2n) is 3.33. The van der Waals surface area contributed by atoms with Crippen molar-refractivity contribution in [1.29, 1.82) is 0 Å². The Hall–Kier alpha value is -0.570. The summed E-state index contributed by atoms with van der Waals surface area (Å²) in [6.45, 7) is 5.10. The SMILES string of the molecule is CCOC(=O)[C@H](C)NCC1CC1. The molecule has 1 N–H and O–H groups in total. The first-order valence-corrected chi connectivity index (χ1v) is 4.64. The quantitative estimate of drug-likeness (QED) is 0.625. The summed E-state index contributed by atoms with van der Waals surface area (Å²) < 4.78 is 4.85. The molecule has 0 amide bonds. The third kappa shape index (κ3) is 3.22. The van der Waals surface area contributed by atoms with Crippen molar-refractivity contribution in [3.05, 3.63) is 0 Å². The lowest BCUT2D eigenvalue weighted by Gasteiger charge is -2.11. The van der Waals surface area contributed by atoms with Crippen molar-refractivity contribution < 1.29 is 9.53 Å². The van der Waals surface area contributed by atoms with E-state index in [1.165, 1.54) is 12.8 Å². The highest BCUT2D eigenvalue weighted by Crippen LogP contribution is 2.27. The molecule has 0 radical (unpaired) electrons. The number of hydrogen-bond acceptors (Lipinski definition) is 3. The van der Waals surface area contributed by atoms with Gasteiger partial charge in [-0.1, -0.05) is 0 Å². The van der Waals surface area contributed by atoms with Crippen molar-refractivity contribution in [3.63, 3.8) is 0 Å². The van der Waals surface area contributed by atoms with E-state index in [1.54, 1.807) is 0 Å². The lowest BCUT2D eigenvalue weighted by Crippen LogP contribution is -2.36. The Morgan fingerprint density at radius 1 is 1.67 bits per heavy atom. The number of hydrogen-bond donors (Lipinski definition) is 1. The van der Waals surface area contributed by atoms with Crippen molar-refractivity contribution >= 4 is 5.97 Å². The van der Waals surface area contributed by atoms with Gasteiger partial charge in [0.05, 0.1) is 6.61 Å². The Morgan fingerprint density at radius 3 is 2.83 bits per heavy atom. The van der Waals surface area contributed by atoms with E-state index < -0.39 is 0 Å². The van der Waals surface area contributed by atoms with Crippen molar-refractivity contribution in [3.8, 4) is 0 Å². The Balaban J connectivity index is 2.07. The summed E-state index contributed by atoms with van der Waals surface area (Å²) in [6, 6.07) is -0.148. The number of rotatable bonds is 5. The molecular formula is C9H17NO2. The van der Waals surface area contributed by atoms with E-state index >= 15 is 0 Å². The summed E-state index contributed by atoms with van der Waals surface area (Å²) >= 11 is 0. The largest absolute Gasteiger partial charge is 0.465 e. The molecule has 70 valence electrons. The van der Waals surface area contributed by atoms with Crippen LogP contribution in [0.15, 0.2) is 0 Å². The maximum Gasteiger partial charge on any atom is 0.322 e. The van der Waals surface area contributed by atoms with E-state index in [9.17, 15) is 4.79 Å². The average Bonchev–Trinajstić information content (AvgIpc) is 2.83. The molecule has 3 heteroatoms. The molecule has 0 unspecified atom stereocenters. The minimum Gasteiger partial charge on any atom is -0.465 e. The molecule has 0 aliphatic heterocycles. The van der Waals surface area contributed by atoms with Crippen LogP contribution < -0.4 is 5.32 Å². The second kappa shape index (κ2) is 4.45. The second-order valence-corrected chi connectivity index (χ2v) is 3.33. The topological polar surface area (TPSA) is 38.3 Å². The molecule has 12 heavy (non-hydrogen) atoms. The van der Waals surface area contributed by atoms with Crippen LogP contribution in [0.2, 0.25) is 0 Å². The highest BCUT2D eigenvalue weighted by atomic mass is 16.5. The van der Waals surface area contributed by atoms with Gasteiger partial charge in [-0.05, 0) is 39.2 Å². The molecule has 1 aliphatic carbocycles. The van der Waals surface area contributed by atoms with Crippen molar-refractivity contribution in [2.75, 3.05) is 13.2 Å². The van der Waals surface area contributed by atoms with E-state index in [0.29, 0.717) is 6.61 Å². The minimum absolute atomic E-state index is 0.141. The summed E-state index contributed by atoms with van der Waals surface area (Å²) in [5.41, 5.74) is 0. The van der Waals surface area contributed by atoms with Gasteiger partial charge in [0, 0.05) is 0 Å². The van der Waals surface area contributed by atoms with Crippen LogP contribution in [0.5, 0.6) is 0 Å². The van der Waals surface area contributed by atoms with Crippen molar-refractivity contribution in [2.24, 2.45) is 5.92 Å². The van der Waals surface area contributed by atoms with Crippen LogP contribution in [0, 0.1) is 5.92 Å². The molecule has 0 saturated heterocycles. The highest BCUT2D eigenvalue weighted by Gasteiger charge is 2.23. The molecular weight excluding hydrogens is 154 g/mol. The monoisotopic (exact) mass is 171 g/mol. The Morgan fingerprint density at radius 2 is 2.33 bits per heavy atom. The highest BCUT2D eigenvalue weighted by molar-refractivity contribution is 5.75. The average molecular weight is 171 g/mol. The normalized spacial score (nSPS) is 18.8. The fourth-order valence-corrected chi connectivity index (χ4v) is 1.02. The number of carbonyl (C=O) groups excluding carboxylic acids is 1. The van der Waals surface area contributed by atoms with Gasteiger partial charge in [-0.25, -0.2) is 0 Å². The molecule has 1 fully saturated rings. The summed E-state index contributed by atoms with van der Waals surface area (Å²) in [7, 11) is 0. The molecule has 0 aromatic carbocycles. The summed E-state index contributed by atoms with van der Waals surface area (Å²) in [6.07, 6.45) is 2.62. The van der Waals surface area contributed by atoms with Gasteiger partial charge in [0.2, 0.25) is 0 Å². The fraction of sp³-hybridized carbons (Fsp3) is 0.889. The molecule has 0 bridgehead atoms. The van der Waals surface area contributed by atoms with Gasteiger partial charge in [-0.15, -0.1) is 0 Å². The predicted octanol–water partition coefficient (Wildman–Crippen LogP) is 0.938. The van der Waals surface area contributed by atoms with Crippen molar-refractivity contribution in [2.45, 2.75) is 32.7 Å². The maximum atomic E-state index is 11.1. The fourth-order valence-electron chi connectivity index (χ4n) is 1.02. The predicted molar refractivity (Wildman–Crippen MR) is 46.8 cm³/mol. The lowest BCUT2D eigenvalue weighted by molar-refractivity contribution is -0.145. The molecule has 0 aromatic heterocycles. The number of carbonyl (C=O) groups is 1. The lowest BCUT2D eigenvalue weighted by atomic mass is 10.3. The number of nitrogens with one attached hydrogen (secondary N) is 1. The standard InChI is InChI=1S/C9H17NO2/c1-3-12-9(11)7(2)10-6-8-4-5-8/h7-8,10H,3-6H2,1-2H3/t7-/m0/s1. The minimum atomic E-state index is -0.148. The zero-order valence-corrected chi connectivity index (χ0v) is 7.80. The van der Waals surface area contributed by atoms with Crippen LogP contribution in [-0.2, 0) is 9.53 Å². The zero-order valence-electron chi connectivity index (χ0n) is 7.80. The van der Waals surface area contributed by atoms with E-state index in [0.717, 1.165) is 12.5 Å². The smallest absolute Gasteiger partial charge is 0.322 e. The molecule has 1 saturated carbocycles. The number of ether oxygens (including phenoxy) is 1. The van der Waals surface area contributed by atoms with Gasteiger partial charge >= 0.3 is 5.97 Å². The van der Waals surface area contributed by atoms with Crippen LogP contribution in [-0.4, -0.2) is 25.2 Å². The first-order valence-electron chi connectivity index (χ1n) is 4.64. The Kier molecular flexibility index (Phi) is 3.53. The third-order valence-corrected chi connectivity index (χ3v) is 2.05. The van der Waals surface area contributed by atoms with E-state index in [1.807, 2.05) is 13.8 Å². The van der Waals surface area contributed by atoms with Gasteiger partial charge in [0.15, 0.2) is 0 Å². The molecule has 1 aliphatic rings. The van der Waals surface area contributed by atoms with Crippen LogP contribution in [0.1, 0.15) is 26.7 Å². The van der Waals surface area contributed by atoms with E-state index in [4.69, 9.17) is 4.74 Å². The van der Waals surface area contributed by atoms with Gasteiger partial charge in [-0.3, -0.25) is 4.79 Å². The number of esters is 1. The first-order chi connectivity index (χ1) is 5.74. The van der Waals surface area contributed by atoms with Crippen LogP contribution in [0.3, 0.4) is 0 Å². The van der Waals surface area contributed by atoms with Crippen molar-refractivity contribution in [1.82, 2.24) is 5.32 Å². The molecule has 1 atom stereocenters. The maximum absolute atomic E-state index is 11.1. The first kappa shape index (κ1) is 9.52. The van der Waals surface area contributed by atoms with Gasteiger partial charge in [-0.2, -0.15) is 0 Å². The van der Waals surface area contributed by atoms with E-state index in [-0.39, 0.29) is 12.0 Å². The molecule has 3 nitrogen and oxygen atoms in total. The summed E-state index contributed by atoms with van der Waals surface area (Å²) in [5.74, 6) is 0.667. The van der Waals surface area contributed by atoms with E-state index in [2.05, 4.69) is 5.32 Å². The van der Waals surface area contributed by atoms with Crippen LogP contribution >= 0.6 is 0 Å². The zero-order chi connectivity index (χ0) is 8.97. The van der Waals surface area contributed by atoms with Gasteiger partial charge < -0.3 is 10.1 Å². The third-order valence-electron chi connectivity index (χ3n) is 2.05. The summed E-state index contributed by atoms with van der Waals surface area (Å²) in [5, 5.41) is 3.15. The Labute approximate surface area is 73.5 Å².